The lowest BCUT2D eigenvalue weighted by Crippen LogP contribution is -2.35. The van der Waals surface area contributed by atoms with E-state index in [-0.39, 0.29) is 5.91 Å². The van der Waals surface area contributed by atoms with Gasteiger partial charge in [0.25, 0.3) is 5.91 Å². The molecule has 0 aromatic rings. The van der Waals surface area contributed by atoms with Crippen LogP contribution in [0.5, 0.6) is 0 Å². The predicted octanol–water partition coefficient (Wildman–Crippen LogP) is 0.812. The van der Waals surface area contributed by atoms with E-state index >= 15 is 0 Å². The minimum Gasteiger partial charge on any atom is -0.433 e. The summed E-state index contributed by atoms with van der Waals surface area (Å²) in [6.45, 7) is 3.56. The molecule has 1 fully saturated rings. The van der Waals surface area contributed by atoms with Gasteiger partial charge in [0.2, 0.25) is 0 Å². The van der Waals surface area contributed by atoms with Gasteiger partial charge in [-0.15, -0.1) is 0 Å². The molecule has 1 saturated heterocycles. The van der Waals surface area contributed by atoms with E-state index in [1.807, 2.05) is 6.92 Å². The van der Waals surface area contributed by atoms with E-state index in [0.717, 1.165) is 6.42 Å². The van der Waals surface area contributed by atoms with E-state index in [9.17, 15) is 9.59 Å². The molecule has 0 bridgehead atoms. The SMILES string of the molecule is CCCC1(C)OC(=O)NC1=O. The Labute approximate surface area is 64.9 Å². The van der Waals surface area contributed by atoms with Crippen LogP contribution in [0.1, 0.15) is 26.7 Å². The van der Waals surface area contributed by atoms with E-state index < -0.39 is 11.7 Å². The van der Waals surface area contributed by atoms with Gasteiger partial charge in [0.1, 0.15) is 0 Å². The standard InChI is InChI=1S/C7H11NO3/c1-3-4-7(2)5(9)8-6(10)11-7/h3-4H2,1-2H3,(H,8,9,10). The fourth-order valence-electron chi connectivity index (χ4n) is 1.14. The minimum atomic E-state index is -0.925. The molecule has 0 aromatic carbocycles. The van der Waals surface area contributed by atoms with Crippen molar-refractivity contribution in [3.8, 4) is 0 Å². The molecule has 0 spiro atoms. The zero-order valence-electron chi connectivity index (χ0n) is 6.64. The summed E-state index contributed by atoms with van der Waals surface area (Å²) in [6, 6.07) is 0. The van der Waals surface area contributed by atoms with Crippen molar-refractivity contribution in [1.82, 2.24) is 5.32 Å². The number of hydrogen-bond acceptors (Lipinski definition) is 3. The number of imide groups is 1. The lowest BCUT2D eigenvalue weighted by molar-refractivity contribution is -0.130. The summed E-state index contributed by atoms with van der Waals surface area (Å²) >= 11 is 0. The average Bonchev–Trinajstić information content (AvgIpc) is 2.08. The molecule has 2 amide bonds. The number of ether oxygens (including phenoxy) is 1. The van der Waals surface area contributed by atoms with Gasteiger partial charge in [-0.05, 0) is 13.3 Å². The van der Waals surface area contributed by atoms with E-state index in [1.165, 1.54) is 0 Å². The van der Waals surface area contributed by atoms with Crippen LogP contribution in [-0.4, -0.2) is 17.6 Å². The van der Waals surface area contributed by atoms with Crippen LogP contribution in [0.15, 0.2) is 0 Å². The molecule has 0 aliphatic carbocycles. The predicted molar refractivity (Wildman–Crippen MR) is 37.9 cm³/mol. The van der Waals surface area contributed by atoms with Crippen LogP contribution >= 0.6 is 0 Å². The normalized spacial score (nSPS) is 30.0. The fourth-order valence-corrected chi connectivity index (χ4v) is 1.14. The zero-order chi connectivity index (χ0) is 8.48. The molecule has 4 nitrogen and oxygen atoms in total. The maximum Gasteiger partial charge on any atom is 0.415 e. The van der Waals surface area contributed by atoms with Crippen molar-refractivity contribution in [3.63, 3.8) is 0 Å². The van der Waals surface area contributed by atoms with Crippen molar-refractivity contribution in [2.24, 2.45) is 0 Å². The first-order chi connectivity index (χ1) is 5.08. The highest BCUT2D eigenvalue weighted by Gasteiger charge is 2.43. The summed E-state index contributed by atoms with van der Waals surface area (Å²) in [5.41, 5.74) is -0.925. The molecule has 1 N–H and O–H groups in total. The molecule has 4 heteroatoms. The monoisotopic (exact) mass is 157 g/mol. The van der Waals surface area contributed by atoms with Crippen LogP contribution in [0.3, 0.4) is 0 Å². The number of amides is 2. The second-order valence-corrected chi connectivity index (χ2v) is 2.82. The van der Waals surface area contributed by atoms with Crippen LogP contribution in [0.4, 0.5) is 4.79 Å². The van der Waals surface area contributed by atoms with Crippen LogP contribution in [-0.2, 0) is 9.53 Å². The summed E-state index contributed by atoms with van der Waals surface area (Å²) in [4.78, 5) is 21.6. The van der Waals surface area contributed by atoms with Gasteiger partial charge in [-0.3, -0.25) is 10.1 Å². The third-order valence-electron chi connectivity index (χ3n) is 1.74. The largest absolute Gasteiger partial charge is 0.433 e. The van der Waals surface area contributed by atoms with Gasteiger partial charge in [0.05, 0.1) is 0 Å². The van der Waals surface area contributed by atoms with E-state index in [1.54, 1.807) is 6.92 Å². The molecule has 62 valence electrons. The van der Waals surface area contributed by atoms with E-state index in [0.29, 0.717) is 6.42 Å². The van der Waals surface area contributed by atoms with Crippen molar-refractivity contribution in [2.75, 3.05) is 0 Å². The maximum atomic E-state index is 11.0. The van der Waals surface area contributed by atoms with Gasteiger partial charge < -0.3 is 4.74 Å². The molecule has 11 heavy (non-hydrogen) atoms. The number of rotatable bonds is 2. The molecule has 1 aliphatic heterocycles. The van der Waals surface area contributed by atoms with Crippen molar-refractivity contribution in [3.05, 3.63) is 0 Å². The molecular weight excluding hydrogens is 146 g/mol. The summed E-state index contributed by atoms with van der Waals surface area (Å²) in [7, 11) is 0. The Morgan fingerprint density at radius 2 is 2.18 bits per heavy atom. The van der Waals surface area contributed by atoms with Crippen molar-refractivity contribution in [1.29, 1.82) is 0 Å². The van der Waals surface area contributed by atoms with Gasteiger partial charge in [-0.2, -0.15) is 0 Å². The highest BCUT2D eigenvalue weighted by molar-refractivity contribution is 6.02. The molecule has 1 rings (SSSR count). The number of carbonyl (C=O) groups is 2. The van der Waals surface area contributed by atoms with Crippen LogP contribution in [0.2, 0.25) is 0 Å². The van der Waals surface area contributed by atoms with Gasteiger partial charge in [0.15, 0.2) is 5.60 Å². The Balaban J connectivity index is 2.70. The van der Waals surface area contributed by atoms with Gasteiger partial charge >= 0.3 is 6.09 Å². The molecule has 1 unspecified atom stereocenters. The number of hydrogen-bond donors (Lipinski definition) is 1. The van der Waals surface area contributed by atoms with Crippen LogP contribution in [0.25, 0.3) is 0 Å². The first-order valence-corrected chi connectivity index (χ1v) is 3.63. The lowest BCUT2D eigenvalue weighted by atomic mass is 10.0. The second kappa shape index (κ2) is 2.53. The number of alkyl carbamates (subject to hydrolysis) is 1. The Morgan fingerprint density at radius 1 is 1.55 bits per heavy atom. The minimum absolute atomic E-state index is 0.329. The maximum absolute atomic E-state index is 11.0. The molecule has 1 heterocycles. The molecular formula is C7H11NO3. The average molecular weight is 157 g/mol. The highest BCUT2D eigenvalue weighted by Crippen LogP contribution is 2.22. The van der Waals surface area contributed by atoms with E-state index in [2.05, 4.69) is 5.32 Å². The Morgan fingerprint density at radius 3 is 2.55 bits per heavy atom. The highest BCUT2D eigenvalue weighted by atomic mass is 16.6. The number of nitrogens with one attached hydrogen (secondary N) is 1. The molecule has 1 atom stereocenters. The second-order valence-electron chi connectivity index (χ2n) is 2.82. The Bertz CT molecular complexity index is 202. The van der Waals surface area contributed by atoms with Crippen molar-refractivity contribution >= 4 is 12.0 Å². The molecule has 0 radical (unpaired) electrons. The number of cyclic esters (lactones) is 1. The summed E-state index contributed by atoms with van der Waals surface area (Å²) in [5, 5.41) is 2.09. The van der Waals surface area contributed by atoms with Crippen LogP contribution < -0.4 is 5.32 Å². The topological polar surface area (TPSA) is 55.4 Å². The van der Waals surface area contributed by atoms with Crippen molar-refractivity contribution in [2.45, 2.75) is 32.3 Å². The van der Waals surface area contributed by atoms with Gasteiger partial charge in [-0.1, -0.05) is 13.3 Å². The molecule has 0 aromatic heterocycles. The fraction of sp³-hybridized carbons (Fsp3) is 0.714. The van der Waals surface area contributed by atoms with Crippen molar-refractivity contribution < 1.29 is 14.3 Å². The Kier molecular flexibility index (Phi) is 1.85. The molecule has 0 saturated carbocycles. The third kappa shape index (κ3) is 1.34. The van der Waals surface area contributed by atoms with E-state index in [4.69, 9.17) is 4.74 Å². The summed E-state index contributed by atoms with van der Waals surface area (Å²) in [6.07, 6.45) is 0.757. The first kappa shape index (κ1) is 8.04. The third-order valence-corrected chi connectivity index (χ3v) is 1.74. The Hall–Kier alpha value is -1.06. The first-order valence-electron chi connectivity index (χ1n) is 3.63. The zero-order valence-corrected chi connectivity index (χ0v) is 6.64. The lowest BCUT2D eigenvalue weighted by Gasteiger charge is -2.16. The summed E-state index contributed by atoms with van der Waals surface area (Å²) < 4.78 is 4.80. The van der Waals surface area contributed by atoms with Crippen LogP contribution in [0, 0.1) is 0 Å². The quantitative estimate of drug-likeness (QED) is 0.645. The molecule has 1 aliphatic rings. The summed E-state index contributed by atoms with van der Waals surface area (Å²) in [5.74, 6) is -0.329. The number of carbonyl (C=O) groups excluding carboxylic acids is 2. The smallest absolute Gasteiger partial charge is 0.415 e. The van der Waals surface area contributed by atoms with Gasteiger partial charge in [-0.25, -0.2) is 4.79 Å². The van der Waals surface area contributed by atoms with Gasteiger partial charge in [0, 0.05) is 0 Å².